The summed E-state index contributed by atoms with van der Waals surface area (Å²) >= 11 is 0. The Morgan fingerprint density at radius 1 is 1.18 bits per heavy atom. The molecule has 1 aliphatic heterocycles. The van der Waals surface area contributed by atoms with Gasteiger partial charge < -0.3 is 10.4 Å². The van der Waals surface area contributed by atoms with Gasteiger partial charge in [-0.25, -0.2) is 4.39 Å². The number of phenolic OH excluding ortho intramolecular Hbond substituents is 1. The van der Waals surface area contributed by atoms with Crippen LogP contribution in [0.4, 0.5) is 17.6 Å². The summed E-state index contributed by atoms with van der Waals surface area (Å²) in [7, 11) is 0. The minimum Gasteiger partial charge on any atom is -0.508 e. The molecule has 0 unspecified atom stereocenters. The van der Waals surface area contributed by atoms with Crippen LogP contribution in [0.3, 0.4) is 0 Å². The van der Waals surface area contributed by atoms with Crippen LogP contribution < -0.4 is 5.32 Å². The Balaban J connectivity index is 0.00000220. The summed E-state index contributed by atoms with van der Waals surface area (Å²) in [6.07, 6.45) is -4.51. The second kappa shape index (κ2) is 8.76. The number of hydrogen-bond donors (Lipinski definition) is 2. The molecule has 3 nitrogen and oxygen atoms in total. The molecule has 0 aromatic heterocycles. The molecule has 0 aliphatic carbocycles. The van der Waals surface area contributed by atoms with Gasteiger partial charge in [0.25, 0.3) is 0 Å². The van der Waals surface area contributed by atoms with Crippen molar-refractivity contribution in [3.8, 4) is 5.75 Å². The lowest BCUT2D eigenvalue weighted by Crippen LogP contribution is -2.45. The molecule has 1 saturated heterocycles. The lowest BCUT2D eigenvalue weighted by Gasteiger charge is -2.34. The average Bonchev–Trinajstić information content (AvgIpc) is 2.41. The highest BCUT2D eigenvalue weighted by Gasteiger charge is 2.33. The minimum absolute atomic E-state index is 0. The second-order valence-electron chi connectivity index (χ2n) is 4.73. The number of nitrogens with zero attached hydrogens (tertiary/aromatic N) is 1. The number of aromatic hydroxyl groups is 1. The third-order valence-corrected chi connectivity index (χ3v) is 3.45. The Kier molecular flexibility index (Phi) is 8.46. The highest BCUT2D eigenvalue weighted by Crippen LogP contribution is 2.36. The van der Waals surface area contributed by atoms with Crippen molar-refractivity contribution in [3.63, 3.8) is 0 Å². The van der Waals surface area contributed by atoms with Crippen molar-refractivity contribution in [3.05, 3.63) is 29.3 Å². The summed E-state index contributed by atoms with van der Waals surface area (Å²) in [4.78, 5) is 1.74. The Labute approximate surface area is 138 Å². The van der Waals surface area contributed by atoms with Crippen molar-refractivity contribution in [2.45, 2.75) is 12.2 Å². The zero-order valence-electron chi connectivity index (χ0n) is 11.6. The molecule has 1 aromatic carbocycles. The summed E-state index contributed by atoms with van der Waals surface area (Å²) in [5.74, 6) is -0.306. The quantitative estimate of drug-likeness (QED) is 0.808. The molecule has 0 spiro atoms. The molecule has 1 aliphatic rings. The van der Waals surface area contributed by atoms with Crippen LogP contribution in [0.25, 0.3) is 0 Å². The fraction of sp³-hybridized carbons (Fsp3) is 0.538. The van der Waals surface area contributed by atoms with Gasteiger partial charge in [0.05, 0.1) is 11.6 Å². The number of hydrogen-bond acceptors (Lipinski definition) is 3. The largest absolute Gasteiger partial charge is 0.508 e. The third kappa shape index (κ3) is 4.87. The first-order valence-corrected chi connectivity index (χ1v) is 6.34. The van der Waals surface area contributed by atoms with E-state index in [1.807, 2.05) is 0 Å². The van der Waals surface area contributed by atoms with Crippen LogP contribution in [0.5, 0.6) is 5.75 Å². The van der Waals surface area contributed by atoms with Crippen LogP contribution in [-0.2, 0) is 6.18 Å². The van der Waals surface area contributed by atoms with Crippen LogP contribution in [0.1, 0.15) is 17.2 Å². The first kappa shape index (κ1) is 21.2. The van der Waals surface area contributed by atoms with Crippen LogP contribution in [0.2, 0.25) is 0 Å². The molecule has 2 rings (SSSR count). The first-order chi connectivity index (χ1) is 9.43. The third-order valence-electron chi connectivity index (χ3n) is 3.45. The van der Waals surface area contributed by atoms with Gasteiger partial charge in [-0.2, -0.15) is 13.2 Å². The van der Waals surface area contributed by atoms with Crippen LogP contribution in [-0.4, -0.2) is 42.9 Å². The van der Waals surface area contributed by atoms with Gasteiger partial charge in [-0.3, -0.25) is 4.90 Å². The lowest BCUT2D eigenvalue weighted by molar-refractivity contribution is -0.137. The Morgan fingerprint density at radius 3 is 2.27 bits per heavy atom. The van der Waals surface area contributed by atoms with Crippen molar-refractivity contribution in [2.75, 3.05) is 32.9 Å². The predicted octanol–water partition coefficient (Wildman–Crippen LogP) is 3.17. The summed E-state index contributed by atoms with van der Waals surface area (Å²) in [6, 6.07) is 1.76. The van der Waals surface area contributed by atoms with Gasteiger partial charge in [0.15, 0.2) is 0 Å². The maximum atomic E-state index is 13.3. The first-order valence-electron chi connectivity index (χ1n) is 6.34. The summed E-state index contributed by atoms with van der Waals surface area (Å²) in [5, 5.41) is 12.8. The van der Waals surface area contributed by atoms with E-state index in [1.165, 1.54) is 0 Å². The average molecular weight is 365 g/mol. The van der Waals surface area contributed by atoms with Gasteiger partial charge in [0.2, 0.25) is 0 Å². The number of nitrogens with one attached hydrogen (secondary N) is 1. The fourth-order valence-corrected chi connectivity index (χ4v) is 2.37. The number of benzene rings is 1. The summed E-state index contributed by atoms with van der Waals surface area (Å²) < 4.78 is 51.4. The van der Waals surface area contributed by atoms with Gasteiger partial charge in [0.1, 0.15) is 12.4 Å². The highest BCUT2D eigenvalue weighted by molar-refractivity contribution is 5.85. The van der Waals surface area contributed by atoms with E-state index in [-0.39, 0.29) is 36.1 Å². The van der Waals surface area contributed by atoms with Gasteiger partial charge in [-0.15, -0.1) is 24.8 Å². The SMILES string of the molecule is Cl.Cl.Oc1ccc(C(F)(F)F)cc1[C@H](CF)N1CCNCC1. The van der Waals surface area contributed by atoms with E-state index >= 15 is 0 Å². The van der Waals surface area contributed by atoms with Gasteiger partial charge >= 0.3 is 6.18 Å². The van der Waals surface area contributed by atoms with Crippen molar-refractivity contribution in [1.29, 1.82) is 0 Å². The summed E-state index contributed by atoms with van der Waals surface area (Å²) in [5.41, 5.74) is -0.886. The molecule has 0 bridgehead atoms. The molecule has 0 radical (unpaired) electrons. The van der Waals surface area contributed by atoms with Gasteiger partial charge in [-0.1, -0.05) is 0 Å². The normalized spacial score (nSPS) is 17.3. The number of piperazine rings is 1. The molecule has 0 saturated carbocycles. The number of halogens is 6. The van der Waals surface area contributed by atoms with Crippen molar-refractivity contribution in [1.82, 2.24) is 10.2 Å². The van der Waals surface area contributed by atoms with E-state index in [2.05, 4.69) is 5.32 Å². The van der Waals surface area contributed by atoms with E-state index in [4.69, 9.17) is 0 Å². The highest BCUT2D eigenvalue weighted by atomic mass is 35.5. The Morgan fingerprint density at radius 2 is 1.77 bits per heavy atom. The van der Waals surface area contributed by atoms with Crippen LogP contribution in [0.15, 0.2) is 18.2 Å². The predicted molar refractivity (Wildman–Crippen MR) is 80.8 cm³/mol. The number of alkyl halides is 4. The van der Waals surface area contributed by atoms with Crippen molar-refractivity contribution in [2.24, 2.45) is 0 Å². The van der Waals surface area contributed by atoms with E-state index in [0.29, 0.717) is 26.2 Å². The van der Waals surface area contributed by atoms with Crippen molar-refractivity contribution < 1.29 is 22.7 Å². The zero-order chi connectivity index (χ0) is 14.8. The molecule has 9 heteroatoms. The van der Waals surface area contributed by atoms with Crippen LogP contribution >= 0.6 is 24.8 Å². The van der Waals surface area contributed by atoms with E-state index in [1.54, 1.807) is 4.90 Å². The van der Waals surface area contributed by atoms with E-state index < -0.39 is 24.5 Å². The Hall–Kier alpha value is -0.760. The van der Waals surface area contributed by atoms with Crippen LogP contribution in [0, 0.1) is 0 Å². The van der Waals surface area contributed by atoms with Gasteiger partial charge in [-0.05, 0) is 18.2 Å². The molecular weight excluding hydrogens is 347 g/mol. The second-order valence-corrected chi connectivity index (χ2v) is 4.73. The molecule has 1 atom stereocenters. The molecule has 1 fully saturated rings. The monoisotopic (exact) mass is 364 g/mol. The minimum atomic E-state index is -4.51. The maximum Gasteiger partial charge on any atom is 0.416 e. The van der Waals surface area contributed by atoms with E-state index in [9.17, 15) is 22.7 Å². The zero-order valence-corrected chi connectivity index (χ0v) is 13.2. The molecule has 2 N–H and O–H groups in total. The van der Waals surface area contributed by atoms with Crippen molar-refractivity contribution >= 4 is 24.8 Å². The fourth-order valence-electron chi connectivity index (χ4n) is 2.37. The topological polar surface area (TPSA) is 35.5 Å². The standard InChI is InChI=1S/C13H16F4N2O.2ClH/c14-8-11(19-5-3-18-4-6-19)10-7-9(13(15,16)17)1-2-12(10)20;;/h1-2,7,11,18,20H,3-6,8H2;2*1H/t11-;;/m0../s1. The van der Waals surface area contributed by atoms with Gasteiger partial charge in [0, 0.05) is 31.7 Å². The van der Waals surface area contributed by atoms with E-state index in [0.717, 1.165) is 18.2 Å². The Bertz CT molecular complexity index is 468. The summed E-state index contributed by atoms with van der Waals surface area (Å²) in [6.45, 7) is 1.52. The lowest BCUT2D eigenvalue weighted by atomic mass is 10.0. The molecule has 22 heavy (non-hydrogen) atoms. The molecule has 1 heterocycles. The number of rotatable bonds is 3. The number of phenols is 1. The molecule has 0 amide bonds. The molecule has 1 aromatic rings. The molecular formula is C13H18Cl2F4N2O. The maximum absolute atomic E-state index is 13.3. The molecule has 128 valence electrons. The smallest absolute Gasteiger partial charge is 0.416 e.